The van der Waals surface area contributed by atoms with Crippen molar-refractivity contribution >= 4 is 5.95 Å². The molecule has 4 rings (SSSR count). The maximum absolute atomic E-state index is 13.3. The van der Waals surface area contributed by atoms with Crippen molar-refractivity contribution in [2.45, 2.75) is 25.6 Å². The van der Waals surface area contributed by atoms with Crippen LogP contribution in [0.4, 0.5) is 10.3 Å². The minimum absolute atomic E-state index is 0.135. The van der Waals surface area contributed by atoms with Crippen LogP contribution in [0.5, 0.6) is 0 Å². The number of morpholine rings is 1. The molecule has 1 fully saturated rings. The Balaban J connectivity index is 1.74. The maximum Gasteiger partial charge on any atom is 0.255 e. The topological polar surface area (TPSA) is 60.2 Å². The Morgan fingerprint density at radius 1 is 1.14 bits per heavy atom. The summed E-state index contributed by atoms with van der Waals surface area (Å²) in [5.74, 6) is 0.294. The molecule has 0 aliphatic carbocycles. The Hall–Kier alpha value is -3.06. The van der Waals surface area contributed by atoms with Gasteiger partial charge in [0.05, 0.1) is 17.8 Å². The molecule has 1 saturated heterocycles. The summed E-state index contributed by atoms with van der Waals surface area (Å²) in [6, 6.07) is 11.5. The second-order valence-corrected chi connectivity index (χ2v) is 7.87. The number of halogens is 1. The quantitative estimate of drug-likeness (QED) is 0.682. The molecular formula is C22H23FN4O2. The number of benzene rings is 1. The molecule has 3 heterocycles. The number of hydrogen-bond acceptors (Lipinski definition) is 5. The van der Waals surface area contributed by atoms with E-state index in [1.165, 1.54) is 18.2 Å². The molecule has 1 aromatic carbocycles. The second-order valence-electron chi connectivity index (χ2n) is 7.87. The van der Waals surface area contributed by atoms with E-state index in [9.17, 15) is 9.18 Å². The molecule has 1 atom stereocenters. The fraction of sp³-hybridized carbons (Fsp3) is 0.318. The fourth-order valence-corrected chi connectivity index (χ4v) is 3.67. The van der Waals surface area contributed by atoms with E-state index >= 15 is 0 Å². The number of hydrogen-bond donors (Lipinski definition) is 0. The molecule has 7 heteroatoms. The molecule has 0 bridgehead atoms. The Morgan fingerprint density at radius 3 is 2.52 bits per heavy atom. The molecule has 1 aliphatic heterocycles. The van der Waals surface area contributed by atoms with Gasteiger partial charge in [0.1, 0.15) is 11.9 Å². The van der Waals surface area contributed by atoms with E-state index in [0.29, 0.717) is 24.7 Å². The van der Waals surface area contributed by atoms with E-state index in [2.05, 4.69) is 9.88 Å². The molecular weight excluding hydrogens is 371 g/mol. The van der Waals surface area contributed by atoms with Crippen molar-refractivity contribution in [2.75, 3.05) is 18.0 Å². The Morgan fingerprint density at radius 2 is 1.83 bits per heavy atom. The number of pyridine rings is 1. The van der Waals surface area contributed by atoms with Crippen LogP contribution >= 0.6 is 0 Å². The van der Waals surface area contributed by atoms with Crippen molar-refractivity contribution in [3.63, 3.8) is 0 Å². The molecule has 0 N–H and O–H groups in total. The van der Waals surface area contributed by atoms with Crippen LogP contribution in [0.1, 0.15) is 25.5 Å². The average Bonchev–Trinajstić information content (AvgIpc) is 2.70. The van der Waals surface area contributed by atoms with Crippen LogP contribution in [0.15, 0.2) is 59.7 Å². The monoisotopic (exact) mass is 394 g/mol. The van der Waals surface area contributed by atoms with Crippen molar-refractivity contribution in [1.82, 2.24) is 14.5 Å². The summed E-state index contributed by atoms with van der Waals surface area (Å²) in [5, 5.41) is 0. The van der Waals surface area contributed by atoms with Gasteiger partial charge in [0.25, 0.3) is 5.56 Å². The van der Waals surface area contributed by atoms with Gasteiger partial charge in [-0.25, -0.2) is 9.37 Å². The van der Waals surface area contributed by atoms with E-state index in [0.717, 1.165) is 11.1 Å². The van der Waals surface area contributed by atoms with Gasteiger partial charge in [0.2, 0.25) is 5.95 Å². The standard InChI is InChI=1S/C22H23FN4O2/c1-22(2)14-27(13-19(29-22)16-4-6-17(23)7-5-16)21-25-18(12-20(28)26(21)3)15-8-10-24-11-9-15/h4-12,19H,13-14H2,1-3H3. The van der Waals surface area contributed by atoms with Gasteiger partial charge in [-0.05, 0) is 43.7 Å². The summed E-state index contributed by atoms with van der Waals surface area (Å²) >= 11 is 0. The predicted molar refractivity (Wildman–Crippen MR) is 109 cm³/mol. The van der Waals surface area contributed by atoms with Crippen LogP contribution in [0.2, 0.25) is 0 Å². The van der Waals surface area contributed by atoms with Gasteiger partial charge < -0.3 is 9.64 Å². The lowest BCUT2D eigenvalue weighted by atomic mass is 10.0. The van der Waals surface area contributed by atoms with Gasteiger partial charge in [0, 0.05) is 37.6 Å². The van der Waals surface area contributed by atoms with Crippen LogP contribution < -0.4 is 10.5 Å². The molecule has 2 aromatic heterocycles. The molecule has 1 unspecified atom stereocenters. The van der Waals surface area contributed by atoms with E-state index in [-0.39, 0.29) is 17.5 Å². The number of aromatic nitrogens is 3. The first-order chi connectivity index (χ1) is 13.8. The van der Waals surface area contributed by atoms with E-state index < -0.39 is 5.60 Å². The SMILES string of the molecule is Cn1c(N2CC(c3ccc(F)cc3)OC(C)(C)C2)nc(-c2ccncc2)cc1=O. The van der Waals surface area contributed by atoms with Crippen LogP contribution in [0, 0.1) is 5.82 Å². The summed E-state index contributed by atoms with van der Waals surface area (Å²) in [7, 11) is 1.72. The van der Waals surface area contributed by atoms with Gasteiger partial charge in [0.15, 0.2) is 0 Å². The predicted octanol–water partition coefficient (Wildman–Crippen LogP) is 3.34. The molecule has 0 radical (unpaired) electrons. The molecule has 6 nitrogen and oxygen atoms in total. The third-order valence-electron chi connectivity index (χ3n) is 5.03. The summed E-state index contributed by atoms with van der Waals surface area (Å²) in [4.78, 5) is 23.5. The van der Waals surface area contributed by atoms with Gasteiger partial charge in [-0.3, -0.25) is 14.3 Å². The normalized spacial score (nSPS) is 18.6. The number of ether oxygens (including phenoxy) is 1. The summed E-state index contributed by atoms with van der Waals surface area (Å²) < 4.78 is 21.1. The minimum atomic E-state index is -0.471. The Kier molecular flexibility index (Phi) is 4.92. The van der Waals surface area contributed by atoms with Gasteiger partial charge in [-0.15, -0.1) is 0 Å². The second kappa shape index (κ2) is 7.40. The third-order valence-corrected chi connectivity index (χ3v) is 5.03. The van der Waals surface area contributed by atoms with Crippen molar-refractivity contribution in [1.29, 1.82) is 0 Å². The highest BCUT2D eigenvalue weighted by atomic mass is 19.1. The zero-order valence-electron chi connectivity index (χ0n) is 16.7. The zero-order valence-corrected chi connectivity index (χ0v) is 16.7. The first-order valence-electron chi connectivity index (χ1n) is 9.49. The smallest absolute Gasteiger partial charge is 0.255 e. The lowest BCUT2D eigenvalue weighted by Crippen LogP contribution is -2.51. The number of anilines is 1. The van der Waals surface area contributed by atoms with Crippen molar-refractivity contribution in [2.24, 2.45) is 7.05 Å². The van der Waals surface area contributed by atoms with Crippen LogP contribution in [0.25, 0.3) is 11.3 Å². The van der Waals surface area contributed by atoms with Crippen molar-refractivity contribution in [3.05, 3.63) is 76.6 Å². The molecule has 3 aromatic rings. The highest BCUT2D eigenvalue weighted by Gasteiger charge is 2.35. The van der Waals surface area contributed by atoms with Crippen molar-refractivity contribution in [3.8, 4) is 11.3 Å². The molecule has 150 valence electrons. The van der Waals surface area contributed by atoms with Gasteiger partial charge in [-0.1, -0.05) is 12.1 Å². The first-order valence-corrected chi connectivity index (χ1v) is 9.49. The lowest BCUT2D eigenvalue weighted by molar-refractivity contribution is -0.0861. The largest absolute Gasteiger partial charge is 0.364 e. The van der Waals surface area contributed by atoms with Crippen LogP contribution in [-0.4, -0.2) is 33.2 Å². The van der Waals surface area contributed by atoms with E-state index in [4.69, 9.17) is 9.72 Å². The lowest BCUT2D eigenvalue weighted by Gasteiger charge is -2.43. The summed E-state index contributed by atoms with van der Waals surface area (Å²) in [5.41, 5.74) is 1.72. The highest BCUT2D eigenvalue weighted by Crippen LogP contribution is 2.33. The Labute approximate surface area is 168 Å². The Bertz CT molecular complexity index is 1060. The third kappa shape index (κ3) is 4.05. The highest BCUT2D eigenvalue weighted by molar-refractivity contribution is 5.59. The summed E-state index contributed by atoms with van der Waals surface area (Å²) in [6.45, 7) is 5.08. The van der Waals surface area contributed by atoms with E-state index in [1.807, 2.05) is 26.0 Å². The van der Waals surface area contributed by atoms with E-state index in [1.54, 1.807) is 36.1 Å². The summed E-state index contributed by atoms with van der Waals surface area (Å²) in [6.07, 6.45) is 3.09. The van der Waals surface area contributed by atoms with Gasteiger partial charge >= 0.3 is 0 Å². The zero-order chi connectivity index (χ0) is 20.6. The van der Waals surface area contributed by atoms with Crippen molar-refractivity contribution < 1.29 is 9.13 Å². The van der Waals surface area contributed by atoms with Crippen LogP contribution in [-0.2, 0) is 11.8 Å². The number of nitrogens with zero attached hydrogens (tertiary/aromatic N) is 4. The molecule has 1 aliphatic rings. The van der Waals surface area contributed by atoms with Gasteiger partial charge in [-0.2, -0.15) is 0 Å². The maximum atomic E-state index is 13.3. The molecule has 29 heavy (non-hydrogen) atoms. The minimum Gasteiger partial charge on any atom is -0.364 e. The molecule has 0 spiro atoms. The molecule has 0 saturated carbocycles. The fourth-order valence-electron chi connectivity index (χ4n) is 3.67. The number of rotatable bonds is 3. The van der Waals surface area contributed by atoms with Crippen LogP contribution in [0.3, 0.4) is 0 Å². The molecule has 0 amide bonds. The average molecular weight is 394 g/mol. The first kappa shape index (κ1) is 19.3.